The van der Waals surface area contributed by atoms with Gasteiger partial charge in [-0.1, -0.05) is 57.0 Å². The minimum Gasteiger partial charge on any atom is -0.323 e. The summed E-state index contributed by atoms with van der Waals surface area (Å²) in [5.41, 5.74) is 4.39. The average Bonchev–Trinajstić information content (AvgIpc) is 3.17. The van der Waals surface area contributed by atoms with Gasteiger partial charge in [-0.25, -0.2) is 4.98 Å². The van der Waals surface area contributed by atoms with Crippen molar-refractivity contribution in [3.8, 4) is 11.3 Å². The van der Waals surface area contributed by atoms with Crippen molar-refractivity contribution >= 4 is 34.0 Å². The number of nitrogens with zero attached hydrogens (tertiary/aromatic N) is 1. The molecule has 0 fully saturated rings. The highest BCUT2D eigenvalue weighted by Crippen LogP contribution is 2.31. The molecule has 1 heterocycles. The SMILES string of the molecule is C=CC(=O)Nc1ccc(C(=O)Nc2nc(-c3ccc(CCCCCC)cc3)c(C)s2)cc1. The van der Waals surface area contributed by atoms with Crippen molar-refractivity contribution in [2.45, 2.75) is 46.0 Å². The predicted molar refractivity (Wildman–Crippen MR) is 133 cm³/mol. The second-order valence-corrected chi connectivity index (χ2v) is 8.86. The second kappa shape index (κ2) is 11.4. The number of thiazole rings is 1. The van der Waals surface area contributed by atoms with E-state index in [4.69, 9.17) is 0 Å². The Balaban J connectivity index is 1.63. The first-order chi connectivity index (χ1) is 15.5. The van der Waals surface area contributed by atoms with Gasteiger partial charge in [0.15, 0.2) is 5.13 Å². The molecule has 0 aliphatic heterocycles. The maximum absolute atomic E-state index is 12.6. The first kappa shape index (κ1) is 23.4. The highest BCUT2D eigenvalue weighted by atomic mass is 32.1. The molecule has 2 N–H and O–H groups in total. The maximum atomic E-state index is 12.6. The van der Waals surface area contributed by atoms with E-state index in [0.29, 0.717) is 16.4 Å². The van der Waals surface area contributed by atoms with Crippen LogP contribution < -0.4 is 10.6 Å². The third-order valence-corrected chi connectivity index (χ3v) is 6.05. The van der Waals surface area contributed by atoms with Crippen molar-refractivity contribution in [3.63, 3.8) is 0 Å². The lowest BCUT2D eigenvalue weighted by Gasteiger charge is -2.05. The molecule has 0 saturated carbocycles. The lowest BCUT2D eigenvalue weighted by atomic mass is 10.0. The van der Waals surface area contributed by atoms with Crippen LogP contribution in [-0.4, -0.2) is 16.8 Å². The van der Waals surface area contributed by atoms with Gasteiger partial charge in [0.05, 0.1) is 5.69 Å². The Morgan fingerprint density at radius 3 is 2.38 bits per heavy atom. The fourth-order valence-electron chi connectivity index (χ4n) is 3.37. The summed E-state index contributed by atoms with van der Waals surface area (Å²) < 4.78 is 0. The second-order valence-electron chi connectivity index (χ2n) is 7.66. The number of anilines is 2. The number of carbonyl (C=O) groups is 2. The van der Waals surface area contributed by atoms with Crippen molar-refractivity contribution in [3.05, 3.63) is 77.2 Å². The fourth-order valence-corrected chi connectivity index (χ4v) is 4.20. The largest absolute Gasteiger partial charge is 0.323 e. The average molecular weight is 448 g/mol. The Kier molecular flexibility index (Phi) is 8.34. The minimum atomic E-state index is -0.294. The summed E-state index contributed by atoms with van der Waals surface area (Å²) >= 11 is 1.46. The van der Waals surface area contributed by atoms with E-state index >= 15 is 0 Å². The van der Waals surface area contributed by atoms with E-state index in [2.05, 4.69) is 53.4 Å². The van der Waals surface area contributed by atoms with Crippen molar-refractivity contribution in [1.29, 1.82) is 0 Å². The number of benzene rings is 2. The molecule has 0 bridgehead atoms. The molecule has 6 heteroatoms. The molecule has 32 heavy (non-hydrogen) atoms. The van der Waals surface area contributed by atoms with Gasteiger partial charge < -0.3 is 5.32 Å². The summed E-state index contributed by atoms with van der Waals surface area (Å²) in [6.07, 6.45) is 7.35. The van der Waals surface area contributed by atoms with Gasteiger partial charge in [0, 0.05) is 21.7 Å². The van der Waals surface area contributed by atoms with Crippen molar-refractivity contribution in [2.24, 2.45) is 0 Å². The summed E-state index contributed by atoms with van der Waals surface area (Å²) in [7, 11) is 0. The van der Waals surface area contributed by atoms with Crippen LogP contribution in [0.4, 0.5) is 10.8 Å². The van der Waals surface area contributed by atoms with Crippen LogP contribution in [0.3, 0.4) is 0 Å². The van der Waals surface area contributed by atoms with Gasteiger partial charge in [-0.15, -0.1) is 11.3 Å². The van der Waals surface area contributed by atoms with E-state index in [-0.39, 0.29) is 11.8 Å². The molecule has 0 atom stereocenters. The summed E-state index contributed by atoms with van der Waals surface area (Å²) in [6.45, 7) is 7.66. The molecule has 3 rings (SSSR count). The van der Waals surface area contributed by atoms with E-state index in [9.17, 15) is 9.59 Å². The molecule has 3 aromatic rings. The van der Waals surface area contributed by atoms with Gasteiger partial charge >= 0.3 is 0 Å². The maximum Gasteiger partial charge on any atom is 0.257 e. The van der Waals surface area contributed by atoms with E-state index in [1.807, 2.05) is 6.92 Å². The molecule has 2 aromatic carbocycles. The predicted octanol–water partition coefficient (Wildman–Crippen LogP) is 6.62. The summed E-state index contributed by atoms with van der Waals surface area (Å²) in [5.74, 6) is -0.535. The monoisotopic (exact) mass is 447 g/mol. The smallest absolute Gasteiger partial charge is 0.257 e. The Morgan fingerprint density at radius 1 is 1.00 bits per heavy atom. The lowest BCUT2D eigenvalue weighted by molar-refractivity contribution is -0.111. The molecule has 0 aliphatic carbocycles. The highest BCUT2D eigenvalue weighted by molar-refractivity contribution is 7.16. The van der Waals surface area contributed by atoms with E-state index in [1.165, 1.54) is 48.7 Å². The van der Waals surface area contributed by atoms with Gasteiger partial charge in [-0.3, -0.25) is 14.9 Å². The van der Waals surface area contributed by atoms with Crippen LogP contribution in [0.2, 0.25) is 0 Å². The van der Waals surface area contributed by atoms with Gasteiger partial charge in [0.25, 0.3) is 5.91 Å². The number of carbonyl (C=O) groups excluding carboxylic acids is 2. The number of hydrogen-bond donors (Lipinski definition) is 2. The van der Waals surface area contributed by atoms with Crippen LogP contribution in [0, 0.1) is 6.92 Å². The molecule has 0 aliphatic rings. The molecule has 0 saturated heterocycles. The number of rotatable bonds is 10. The summed E-state index contributed by atoms with van der Waals surface area (Å²) in [6, 6.07) is 15.2. The van der Waals surface area contributed by atoms with Crippen LogP contribution >= 0.6 is 11.3 Å². The zero-order valence-corrected chi connectivity index (χ0v) is 19.4. The van der Waals surface area contributed by atoms with Crippen LogP contribution in [0.1, 0.15) is 53.4 Å². The lowest BCUT2D eigenvalue weighted by Crippen LogP contribution is -2.12. The molecule has 0 radical (unpaired) electrons. The summed E-state index contributed by atoms with van der Waals surface area (Å²) in [5, 5.41) is 6.10. The Hall–Kier alpha value is -3.25. The van der Waals surface area contributed by atoms with Crippen LogP contribution in [0.25, 0.3) is 11.3 Å². The Bertz CT molecular complexity index is 1070. The molecular weight excluding hydrogens is 418 g/mol. The Labute approximate surface area is 193 Å². The number of aryl methyl sites for hydroxylation is 2. The molecule has 1 aromatic heterocycles. The fraction of sp³-hybridized carbons (Fsp3) is 0.269. The molecule has 0 spiro atoms. The molecule has 5 nitrogen and oxygen atoms in total. The van der Waals surface area contributed by atoms with Crippen molar-refractivity contribution in [1.82, 2.24) is 4.98 Å². The standard InChI is InChI=1S/C26H29N3O2S/c1-4-6-7-8-9-19-10-12-20(13-11-19)24-18(3)32-26(28-24)29-25(31)21-14-16-22(17-15-21)27-23(30)5-2/h5,10-17H,2,4,6-9H2,1,3H3,(H,27,30)(H,28,29,31). The third-order valence-electron chi connectivity index (χ3n) is 5.16. The van der Waals surface area contributed by atoms with Gasteiger partial charge in [0.2, 0.25) is 5.91 Å². The highest BCUT2D eigenvalue weighted by Gasteiger charge is 2.13. The van der Waals surface area contributed by atoms with Gasteiger partial charge in [-0.2, -0.15) is 0 Å². The zero-order valence-electron chi connectivity index (χ0n) is 18.6. The van der Waals surface area contributed by atoms with Crippen molar-refractivity contribution < 1.29 is 9.59 Å². The van der Waals surface area contributed by atoms with E-state index < -0.39 is 0 Å². The van der Waals surface area contributed by atoms with Crippen LogP contribution in [-0.2, 0) is 11.2 Å². The normalized spacial score (nSPS) is 10.6. The summed E-state index contributed by atoms with van der Waals surface area (Å²) in [4.78, 5) is 29.7. The quantitative estimate of drug-likeness (QED) is 0.271. The van der Waals surface area contributed by atoms with Gasteiger partial charge in [0.1, 0.15) is 0 Å². The van der Waals surface area contributed by atoms with E-state index in [1.54, 1.807) is 24.3 Å². The minimum absolute atomic E-state index is 0.241. The molecule has 2 amide bonds. The molecule has 166 valence electrons. The number of amides is 2. The van der Waals surface area contributed by atoms with Crippen molar-refractivity contribution in [2.75, 3.05) is 10.6 Å². The Morgan fingerprint density at radius 2 is 1.72 bits per heavy atom. The molecular formula is C26H29N3O2S. The number of nitrogens with one attached hydrogen (secondary N) is 2. The zero-order chi connectivity index (χ0) is 22.9. The van der Waals surface area contributed by atoms with Crippen LogP contribution in [0.15, 0.2) is 61.2 Å². The first-order valence-electron chi connectivity index (χ1n) is 10.9. The number of unbranched alkanes of at least 4 members (excludes halogenated alkanes) is 3. The number of aromatic nitrogens is 1. The first-order valence-corrected chi connectivity index (χ1v) is 11.7. The van der Waals surface area contributed by atoms with E-state index in [0.717, 1.165) is 22.6 Å². The van der Waals surface area contributed by atoms with Gasteiger partial charge in [-0.05, 0) is 55.7 Å². The molecule has 0 unspecified atom stereocenters. The van der Waals surface area contributed by atoms with Crippen LogP contribution in [0.5, 0.6) is 0 Å². The topological polar surface area (TPSA) is 71.1 Å². The number of hydrogen-bond acceptors (Lipinski definition) is 4. The third kappa shape index (κ3) is 6.37.